The summed E-state index contributed by atoms with van der Waals surface area (Å²) in [6, 6.07) is 7.43. The molecule has 0 aliphatic carbocycles. The number of benzene rings is 1. The summed E-state index contributed by atoms with van der Waals surface area (Å²) in [4.78, 5) is 20.2. The molecule has 3 rings (SSSR count). The average Bonchev–Trinajstić information content (AvgIpc) is 3.08. The molecule has 0 fully saturated rings. The van der Waals surface area contributed by atoms with E-state index in [4.69, 9.17) is 9.26 Å². The summed E-state index contributed by atoms with van der Waals surface area (Å²) in [5.41, 5.74) is 1.04. The van der Waals surface area contributed by atoms with Crippen LogP contribution in [0.4, 0.5) is 4.39 Å². The van der Waals surface area contributed by atoms with Gasteiger partial charge in [0.25, 0.3) is 0 Å². The van der Waals surface area contributed by atoms with Gasteiger partial charge in [-0.25, -0.2) is 9.18 Å². The number of esters is 1. The molecule has 8 heteroatoms. The van der Waals surface area contributed by atoms with Crippen LogP contribution >= 0.6 is 15.9 Å². The van der Waals surface area contributed by atoms with Crippen molar-refractivity contribution >= 4 is 21.9 Å². The number of aromatic nitrogens is 3. The molecule has 3 aromatic rings. The zero-order valence-electron chi connectivity index (χ0n) is 13.0. The van der Waals surface area contributed by atoms with Crippen molar-refractivity contribution in [3.63, 3.8) is 0 Å². The van der Waals surface area contributed by atoms with E-state index in [-0.39, 0.29) is 12.2 Å². The zero-order valence-corrected chi connectivity index (χ0v) is 14.6. The molecule has 0 N–H and O–H groups in total. The van der Waals surface area contributed by atoms with Crippen LogP contribution in [0.1, 0.15) is 22.7 Å². The molecule has 0 unspecified atom stereocenters. The third kappa shape index (κ3) is 4.48. The van der Waals surface area contributed by atoms with Gasteiger partial charge in [0.05, 0.1) is 12.2 Å². The molecule has 0 aliphatic rings. The molecule has 0 atom stereocenters. The summed E-state index contributed by atoms with van der Waals surface area (Å²) in [6.45, 7) is 0.188. The second-order valence-electron chi connectivity index (χ2n) is 5.12. The van der Waals surface area contributed by atoms with Crippen LogP contribution in [0.25, 0.3) is 11.4 Å². The Hall–Kier alpha value is -2.61. The Morgan fingerprint density at radius 3 is 2.96 bits per heavy atom. The first-order chi connectivity index (χ1) is 12.1. The lowest BCUT2D eigenvalue weighted by molar-refractivity contribution is 0.0497. The second-order valence-corrected chi connectivity index (χ2v) is 5.97. The first-order valence-corrected chi connectivity index (χ1v) is 8.28. The average molecular weight is 406 g/mol. The van der Waals surface area contributed by atoms with E-state index in [1.165, 1.54) is 18.2 Å². The van der Waals surface area contributed by atoms with Crippen LogP contribution in [0.2, 0.25) is 0 Å². The summed E-state index contributed by atoms with van der Waals surface area (Å²) in [6.07, 6.45) is 4.32. The van der Waals surface area contributed by atoms with Gasteiger partial charge in [-0.3, -0.25) is 4.98 Å². The lowest BCUT2D eigenvalue weighted by atomic mass is 10.2. The van der Waals surface area contributed by atoms with Gasteiger partial charge in [0.15, 0.2) is 0 Å². The number of carbonyl (C=O) groups excluding carboxylic acids is 1. The molecule has 0 saturated heterocycles. The molecule has 6 nitrogen and oxygen atoms in total. The van der Waals surface area contributed by atoms with Gasteiger partial charge in [-0.1, -0.05) is 5.16 Å². The van der Waals surface area contributed by atoms with Gasteiger partial charge in [0.1, 0.15) is 5.82 Å². The van der Waals surface area contributed by atoms with E-state index in [0.717, 1.165) is 5.56 Å². The molecule has 0 spiro atoms. The normalized spacial score (nSPS) is 10.6. The van der Waals surface area contributed by atoms with Gasteiger partial charge in [-0.05, 0) is 52.7 Å². The van der Waals surface area contributed by atoms with Crippen LogP contribution in [-0.4, -0.2) is 27.7 Å². The minimum atomic E-state index is -0.520. The maximum Gasteiger partial charge on any atom is 0.339 e. The van der Waals surface area contributed by atoms with Crippen molar-refractivity contribution < 1.29 is 18.4 Å². The first kappa shape index (κ1) is 17.2. The smallest absolute Gasteiger partial charge is 0.339 e. The summed E-state index contributed by atoms with van der Waals surface area (Å²) in [7, 11) is 0. The molecule has 128 valence electrons. The highest BCUT2D eigenvalue weighted by Crippen LogP contribution is 2.19. The lowest BCUT2D eigenvalue weighted by Gasteiger charge is -2.05. The number of ether oxygens (including phenoxy) is 1. The van der Waals surface area contributed by atoms with Gasteiger partial charge in [0, 0.05) is 28.9 Å². The van der Waals surface area contributed by atoms with Crippen LogP contribution in [0, 0.1) is 5.82 Å². The van der Waals surface area contributed by atoms with Gasteiger partial charge >= 0.3 is 5.97 Å². The predicted octanol–water partition coefficient (Wildman–Crippen LogP) is 3.82. The Kier molecular flexibility index (Phi) is 5.49. The van der Waals surface area contributed by atoms with Crippen molar-refractivity contribution in [2.24, 2.45) is 0 Å². The fourth-order valence-corrected chi connectivity index (χ4v) is 2.60. The lowest BCUT2D eigenvalue weighted by Crippen LogP contribution is -2.08. The molecule has 0 radical (unpaired) electrons. The monoisotopic (exact) mass is 405 g/mol. The highest BCUT2D eigenvalue weighted by molar-refractivity contribution is 9.10. The highest BCUT2D eigenvalue weighted by atomic mass is 79.9. The molecule has 2 heterocycles. The number of aryl methyl sites for hydroxylation is 1. The Labute approximate surface area is 151 Å². The van der Waals surface area contributed by atoms with Gasteiger partial charge in [-0.2, -0.15) is 4.98 Å². The van der Waals surface area contributed by atoms with Gasteiger partial charge in [0.2, 0.25) is 11.7 Å². The first-order valence-electron chi connectivity index (χ1n) is 7.48. The second kappa shape index (κ2) is 7.98. The molecule has 0 bridgehead atoms. The van der Waals surface area contributed by atoms with Crippen molar-refractivity contribution in [3.05, 3.63) is 64.5 Å². The SMILES string of the molecule is O=C(OCCCc1nc(-c2cccnc2)no1)c1ccc(F)cc1Br. The van der Waals surface area contributed by atoms with Crippen LogP contribution in [0.15, 0.2) is 51.7 Å². The van der Waals surface area contributed by atoms with E-state index in [2.05, 4.69) is 31.1 Å². The fourth-order valence-electron chi connectivity index (χ4n) is 2.09. The summed E-state index contributed by atoms with van der Waals surface area (Å²) < 4.78 is 23.7. The molecule has 2 aromatic heterocycles. The largest absolute Gasteiger partial charge is 0.462 e. The Morgan fingerprint density at radius 2 is 2.20 bits per heavy atom. The maximum absolute atomic E-state index is 13.0. The zero-order chi connectivity index (χ0) is 17.6. The van der Waals surface area contributed by atoms with E-state index in [9.17, 15) is 9.18 Å². The van der Waals surface area contributed by atoms with Crippen molar-refractivity contribution in [1.29, 1.82) is 0 Å². The number of nitrogens with zero attached hydrogens (tertiary/aromatic N) is 3. The molecule has 1 aromatic carbocycles. The van der Waals surface area contributed by atoms with Gasteiger partial charge < -0.3 is 9.26 Å². The van der Waals surface area contributed by atoms with Crippen LogP contribution in [0.5, 0.6) is 0 Å². The van der Waals surface area contributed by atoms with E-state index in [1.54, 1.807) is 18.5 Å². The van der Waals surface area contributed by atoms with E-state index >= 15 is 0 Å². The molecule has 0 saturated carbocycles. The predicted molar refractivity (Wildman–Crippen MR) is 90.2 cm³/mol. The number of rotatable bonds is 6. The van der Waals surface area contributed by atoms with Crippen molar-refractivity contribution in [3.8, 4) is 11.4 Å². The van der Waals surface area contributed by atoms with Crippen LogP contribution in [0.3, 0.4) is 0 Å². The number of halogens is 2. The topological polar surface area (TPSA) is 78.1 Å². The summed E-state index contributed by atoms with van der Waals surface area (Å²) in [5, 5.41) is 3.89. The minimum absolute atomic E-state index is 0.188. The standard InChI is InChI=1S/C17H13BrFN3O3/c18-14-9-12(19)5-6-13(14)17(23)24-8-2-4-15-21-16(22-25-15)11-3-1-7-20-10-11/h1,3,5-7,9-10H,2,4,8H2. The quantitative estimate of drug-likeness (QED) is 0.458. The Morgan fingerprint density at radius 1 is 1.32 bits per heavy atom. The van der Waals surface area contributed by atoms with E-state index < -0.39 is 11.8 Å². The van der Waals surface area contributed by atoms with E-state index in [1.807, 2.05) is 6.07 Å². The number of carbonyl (C=O) groups is 1. The molecular formula is C17H13BrFN3O3. The van der Waals surface area contributed by atoms with Gasteiger partial charge in [-0.15, -0.1) is 0 Å². The molecular weight excluding hydrogens is 393 g/mol. The number of pyridine rings is 1. The van der Waals surface area contributed by atoms with Crippen molar-refractivity contribution in [2.75, 3.05) is 6.61 Å². The summed E-state index contributed by atoms with van der Waals surface area (Å²) in [5.74, 6) is -0.0223. The minimum Gasteiger partial charge on any atom is -0.462 e. The Balaban J connectivity index is 1.49. The maximum atomic E-state index is 13.0. The number of hydrogen-bond donors (Lipinski definition) is 0. The molecule has 25 heavy (non-hydrogen) atoms. The third-order valence-electron chi connectivity index (χ3n) is 3.31. The van der Waals surface area contributed by atoms with Crippen LogP contribution in [-0.2, 0) is 11.2 Å². The Bertz CT molecular complexity index is 871. The van der Waals surface area contributed by atoms with Crippen molar-refractivity contribution in [2.45, 2.75) is 12.8 Å². The molecule has 0 aliphatic heterocycles. The van der Waals surface area contributed by atoms with Crippen molar-refractivity contribution in [1.82, 2.24) is 15.1 Å². The highest BCUT2D eigenvalue weighted by Gasteiger charge is 2.13. The third-order valence-corrected chi connectivity index (χ3v) is 3.96. The van der Waals surface area contributed by atoms with E-state index in [0.29, 0.717) is 29.0 Å². The number of hydrogen-bond acceptors (Lipinski definition) is 6. The van der Waals surface area contributed by atoms with Crippen LogP contribution < -0.4 is 0 Å². The summed E-state index contributed by atoms with van der Waals surface area (Å²) >= 11 is 3.14. The fraction of sp³-hybridized carbons (Fsp3) is 0.176. The molecule has 0 amide bonds.